The van der Waals surface area contributed by atoms with E-state index in [2.05, 4.69) is 37.9 Å². The van der Waals surface area contributed by atoms with E-state index < -0.39 is 0 Å². The van der Waals surface area contributed by atoms with Gasteiger partial charge in [-0.15, -0.1) is 0 Å². The Morgan fingerprint density at radius 3 is 2.81 bits per heavy atom. The number of nitrogens with two attached hydrogens (primary N) is 1. The third-order valence-corrected chi connectivity index (χ3v) is 3.55. The van der Waals surface area contributed by atoms with Gasteiger partial charge in [-0.05, 0) is 47.8 Å². The Morgan fingerprint density at radius 2 is 2.12 bits per heavy atom. The number of hydrogen-bond donors (Lipinski definition) is 2. The van der Waals surface area contributed by atoms with Gasteiger partial charge < -0.3 is 11.1 Å². The first-order chi connectivity index (χ1) is 7.74. The second-order valence-electron chi connectivity index (χ2n) is 4.40. The quantitative estimate of drug-likeness (QED) is 0.831. The molecule has 1 saturated carbocycles. The summed E-state index contributed by atoms with van der Waals surface area (Å²) >= 11 is 2.20. The van der Waals surface area contributed by atoms with Crippen LogP contribution in [0.25, 0.3) is 0 Å². The van der Waals surface area contributed by atoms with Crippen LogP contribution in [0.4, 0.5) is 5.95 Å². The topological polar surface area (TPSA) is 63.8 Å². The number of hydrogen-bond acceptors (Lipinski definition) is 4. The molecule has 16 heavy (non-hydrogen) atoms. The van der Waals surface area contributed by atoms with Crippen LogP contribution in [0.1, 0.15) is 25.7 Å². The fraction of sp³-hybridized carbons (Fsp3) is 0.636. The molecule has 1 heterocycles. The van der Waals surface area contributed by atoms with Crippen LogP contribution in [0.15, 0.2) is 12.4 Å². The highest BCUT2D eigenvalue weighted by Gasteiger charge is 2.18. The van der Waals surface area contributed by atoms with Crippen LogP contribution in [0, 0.1) is 9.49 Å². The molecule has 5 heteroatoms. The van der Waals surface area contributed by atoms with Crippen molar-refractivity contribution in [2.24, 2.45) is 11.7 Å². The second kappa shape index (κ2) is 5.77. The standard InChI is InChI=1S/C11H17IN4/c12-9-6-15-11(16-7-9)14-5-8-2-1-3-10(13)4-8/h6-8,10H,1-5,13H2,(H,14,15,16). The van der Waals surface area contributed by atoms with E-state index >= 15 is 0 Å². The molecular weight excluding hydrogens is 315 g/mol. The van der Waals surface area contributed by atoms with Crippen molar-refractivity contribution >= 4 is 28.5 Å². The summed E-state index contributed by atoms with van der Waals surface area (Å²) in [6.45, 7) is 0.939. The molecule has 88 valence electrons. The van der Waals surface area contributed by atoms with Gasteiger partial charge in [-0.2, -0.15) is 0 Å². The zero-order valence-corrected chi connectivity index (χ0v) is 11.4. The molecule has 1 aromatic heterocycles. The van der Waals surface area contributed by atoms with Crippen LogP contribution in [-0.4, -0.2) is 22.6 Å². The van der Waals surface area contributed by atoms with Gasteiger partial charge in [0.2, 0.25) is 5.95 Å². The molecule has 4 nitrogen and oxygen atoms in total. The van der Waals surface area contributed by atoms with Gasteiger partial charge in [0.25, 0.3) is 0 Å². The van der Waals surface area contributed by atoms with Crippen LogP contribution >= 0.6 is 22.6 Å². The lowest BCUT2D eigenvalue weighted by molar-refractivity contribution is 0.334. The lowest BCUT2D eigenvalue weighted by Gasteiger charge is -2.26. The van der Waals surface area contributed by atoms with Crippen molar-refractivity contribution < 1.29 is 0 Å². The highest BCUT2D eigenvalue weighted by atomic mass is 127. The van der Waals surface area contributed by atoms with E-state index in [-0.39, 0.29) is 0 Å². The number of rotatable bonds is 3. The Morgan fingerprint density at radius 1 is 1.38 bits per heavy atom. The van der Waals surface area contributed by atoms with Crippen molar-refractivity contribution in [2.45, 2.75) is 31.7 Å². The summed E-state index contributed by atoms with van der Waals surface area (Å²) in [7, 11) is 0. The van der Waals surface area contributed by atoms with Gasteiger partial charge in [-0.3, -0.25) is 0 Å². The van der Waals surface area contributed by atoms with Gasteiger partial charge in [-0.1, -0.05) is 6.42 Å². The Bertz CT molecular complexity index is 327. The first-order valence-electron chi connectivity index (χ1n) is 5.71. The Kier molecular flexibility index (Phi) is 4.34. The van der Waals surface area contributed by atoms with Crippen LogP contribution < -0.4 is 11.1 Å². The Hall–Kier alpha value is -0.430. The maximum absolute atomic E-state index is 5.95. The second-order valence-corrected chi connectivity index (χ2v) is 5.64. The van der Waals surface area contributed by atoms with Crippen molar-refractivity contribution in [1.82, 2.24) is 9.97 Å². The molecule has 1 aliphatic rings. The highest BCUT2D eigenvalue weighted by molar-refractivity contribution is 14.1. The summed E-state index contributed by atoms with van der Waals surface area (Å²) in [5.74, 6) is 1.39. The maximum Gasteiger partial charge on any atom is 0.222 e. The van der Waals surface area contributed by atoms with Crippen molar-refractivity contribution in [3.05, 3.63) is 16.0 Å². The summed E-state index contributed by atoms with van der Waals surface area (Å²) in [5, 5.41) is 3.28. The van der Waals surface area contributed by atoms with Crippen LogP contribution in [-0.2, 0) is 0 Å². The van der Waals surface area contributed by atoms with Gasteiger partial charge in [0.15, 0.2) is 0 Å². The van der Waals surface area contributed by atoms with Crippen LogP contribution in [0.2, 0.25) is 0 Å². The Labute approximate surface area is 110 Å². The molecule has 1 aromatic rings. The van der Waals surface area contributed by atoms with E-state index in [1.165, 1.54) is 19.3 Å². The average molecular weight is 332 g/mol. The fourth-order valence-electron chi connectivity index (χ4n) is 2.16. The van der Waals surface area contributed by atoms with Gasteiger partial charge in [0, 0.05) is 28.6 Å². The molecule has 0 bridgehead atoms. The predicted octanol–water partition coefficient (Wildman–Crippen LogP) is 2.01. The predicted molar refractivity (Wildman–Crippen MR) is 73.2 cm³/mol. The third-order valence-electron chi connectivity index (χ3n) is 2.99. The zero-order valence-electron chi connectivity index (χ0n) is 9.19. The van der Waals surface area contributed by atoms with E-state index in [1.807, 2.05) is 12.4 Å². The highest BCUT2D eigenvalue weighted by Crippen LogP contribution is 2.23. The molecule has 2 unspecified atom stereocenters. The third kappa shape index (κ3) is 3.55. The number of nitrogens with one attached hydrogen (secondary N) is 1. The van der Waals surface area contributed by atoms with E-state index in [4.69, 9.17) is 5.73 Å². The lowest BCUT2D eigenvalue weighted by atomic mass is 9.86. The van der Waals surface area contributed by atoms with E-state index in [0.29, 0.717) is 12.0 Å². The molecule has 0 aromatic carbocycles. The van der Waals surface area contributed by atoms with Crippen molar-refractivity contribution in [3.8, 4) is 0 Å². The number of nitrogens with zero attached hydrogens (tertiary/aromatic N) is 2. The van der Waals surface area contributed by atoms with Gasteiger partial charge >= 0.3 is 0 Å². The molecule has 0 saturated heterocycles. The summed E-state index contributed by atoms with van der Waals surface area (Å²) in [5.41, 5.74) is 5.95. The summed E-state index contributed by atoms with van der Waals surface area (Å²) in [6.07, 6.45) is 8.46. The van der Waals surface area contributed by atoms with Gasteiger partial charge in [-0.25, -0.2) is 9.97 Å². The lowest BCUT2D eigenvalue weighted by Crippen LogP contribution is -2.31. The maximum atomic E-state index is 5.95. The number of aromatic nitrogens is 2. The normalized spacial score (nSPS) is 25.4. The number of anilines is 1. The average Bonchev–Trinajstić information content (AvgIpc) is 2.28. The summed E-state index contributed by atoms with van der Waals surface area (Å²) < 4.78 is 1.06. The minimum atomic E-state index is 0.387. The molecule has 2 atom stereocenters. The first kappa shape index (κ1) is 12.0. The monoisotopic (exact) mass is 332 g/mol. The minimum Gasteiger partial charge on any atom is -0.354 e. The molecule has 0 spiro atoms. The van der Waals surface area contributed by atoms with Crippen LogP contribution in [0.3, 0.4) is 0 Å². The minimum absolute atomic E-state index is 0.387. The van der Waals surface area contributed by atoms with Gasteiger partial charge in [0.05, 0.1) is 0 Å². The van der Waals surface area contributed by atoms with Crippen molar-refractivity contribution in [3.63, 3.8) is 0 Å². The molecule has 3 N–H and O–H groups in total. The fourth-order valence-corrected chi connectivity index (χ4v) is 2.44. The van der Waals surface area contributed by atoms with Crippen LogP contribution in [0.5, 0.6) is 0 Å². The number of halogens is 1. The van der Waals surface area contributed by atoms with Gasteiger partial charge in [0.1, 0.15) is 0 Å². The first-order valence-corrected chi connectivity index (χ1v) is 6.79. The van der Waals surface area contributed by atoms with Crippen molar-refractivity contribution in [2.75, 3.05) is 11.9 Å². The molecule has 0 radical (unpaired) electrons. The molecule has 0 amide bonds. The van der Waals surface area contributed by atoms with Crippen molar-refractivity contribution in [1.29, 1.82) is 0 Å². The largest absolute Gasteiger partial charge is 0.354 e. The zero-order chi connectivity index (χ0) is 11.4. The summed E-state index contributed by atoms with van der Waals surface area (Å²) in [6, 6.07) is 0.387. The van der Waals surface area contributed by atoms with E-state index in [0.717, 1.165) is 22.5 Å². The Balaban J connectivity index is 1.80. The SMILES string of the molecule is NC1CCCC(CNc2ncc(I)cn2)C1. The smallest absolute Gasteiger partial charge is 0.222 e. The van der Waals surface area contributed by atoms with E-state index in [9.17, 15) is 0 Å². The molecule has 0 aliphatic heterocycles. The molecule has 1 fully saturated rings. The molecule has 2 rings (SSSR count). The van der Waals surface area contributed by atoms with E-state index in [1.54, 1.807) is 0 Å². The molecule has 1 aliphatic carbocycles. The summed E-state index contributed by atoms with van der Waals surface area (Å²) in [4.78, 5) is 8.44. The molecular formula is C11H17IN4.